The van der Waals surface area contributed by atoms with Crippen molar-refractivity contribution in [3.8, 4) is 0 Å². The van der Waals surface area contributed by atoms with Gasteiger partial charge in [0.15, 0.2) is 0 Å². The van der Waals surface area contributed by atoms with Gasteiger partial charge in [0, 0.05) is 10.3 Å². The van der Waals surface area contributed by atoms with Crippen LogP contribution < -0.4 is 32.2 Å². The molecule has 0 aliphatic carbocycles. The minimum atomic E-state index is -2.79. The molecule has 154 valence electrons. The Morgan fingerprint density at radius 2 is 0.750 bits per heavy atom. The van der Waals surface area contributed by atoms with Crippen LogP contribution in [0.4, 0.5) is 0 Å². The van der Waals surface area contributed by atoms with E-state index in [1.165, 1.54) is 0 Å². The van der Waals surface area contributed by atoms with E-state index in [0.717, 1.165) is 15.9 Å². The van der Waals surface area contributed by atoms with Crippen LogP contribution in [0.3, 0.4) is 0 Å². The second-order valence-electron chi connectivity index (χ2n) is 7.56. The zero-order valence-corrected chi connectivity index (χ0v) is 18.0. The van der Waals surface area contributed by atoms with E-state index in [0.29, 0.717) is 15.7 Å². The van der Waals surface area contributed by atoms with Crippen LogP contribution >= 0.6 is 6.89 Å². The Balaban J connectivity index is 2.29. The Hall–Kier alpha value is -3.81. The van der Waals surface area contributed by atoms with Gasteiger partial charge in [-0.1, -0.05) is 115 Å². The number of hydrogen-bond acceptors (Lipinski definition) is 3. The van der Waals surface area contributed by atoms with Crippen LogP contribution in [0.2, 0.25) is 0 Å². The Morgan fingerprint density at radius 1 is 0.375 bits per heavy atom. The van der Waals surface area contributed by atoms with E-state index in [4.69, 9.17) is 0 Å². The molecule has 3 nitrogen and oxygen atoms in total. The second kappa shape index (κ2) is 8.03. The maximum absolute atomic E-state index is 13.7. The second-order valence-corrected chi connectivity index (χ2v) is 10.9. The van der Waals surface area contributed by atoms with Gasteiger partial charge >= 0.3 is 0 Å². The molecule has 0 atom stereocenters. The first kappa shape index (κ1) is 20.1. The van der Waals surface area contributed by atoms with E-state index < -0.39 is 23.2 Å². The summed E-state index contributed by atoms with van der Waals surface area (Å²) >= 11 is 0. The summed E-state index contributed by atoms with van der Waals surface area (Å²) in [7, 11) is 0. The smallest absolute Gasteiger partial charge is 0.274 e. The molecule has 0 heterocycles. The zero-order chi connectivity index (χ0) is 22.1. The largest absolute Gasteiger partial charge is 0.285 e. The van der Waals surface area contributed by atoms with Crippen molar-refractivity contribution >= 4 is 33.6 Å². The van der Waals surface area contributed by atoms with Crippen LogP contribution in [0.25, 0.3) is 10.8 Å². The average Bonchev–Trinajstić information content (AvgIpc) is 2.87. The normalized spacial score (nSPS) is 11.5. The lowest BCUT2D eigenvalue weighted by atomic mass is 10.1. The van der Waals surface area contributed by atoms with Crippen LogP contribution in [0, 0.1) is 4.94 Å². The fourth-order valence-corrected chi connectivity index (χ4v) is 8.95. The van der Waals surface area contributed by atoms with Crippen LogP contribution in [0.5, 0.6) is 0 Å². The fraction of sp³-hybridized carbons (Fsp3) is 0. The molecular formula is C28H19O3P. The predicted molar refractivity (Wildman–Crippen MR) is 134 cm³/mol. The number of fused-ring (bicyclic) bond motifs is 1. The van der Waals surface area contributed by atoms with Crippen molar-refractivity contribution in [2.24, 2.45) is 0 Å². The molecule has 0 fully saturated rings. The van der Waals surface area contributed by atoms with Crippen molar-refractivity contribution in [1.29, 1.82) is 0 Å². The molecule has 0 unspecified atom stereocenters. The summed E-state index contributed by atoms with van der Waals surface area (Å²) in [6.45, 7) is -2.79. The summed E-state index contributed by atoms with van der Waals surface area (Å²) in [5, 5.41) is 3.71. The third-order valence-electron chi connectivity index (χ3n) is 5.82. The lowest BCUT2D eigenvalue weighted by molar-refractivity contribution is 1.43. The summed E-state index contributed by atoms with van der Waals surface area (Å²) in [5.41, 5.74) is -2.41. The van der Waals surface area contributed by atoms with Gasteiger partial charge < -0.3 is 0 Å². The number of benzene rings is 5. The summed E-state index contributed by atoms with van der Waals surface area (Å²) in [6.07, 6.45) is 0. The molecular weight excluding hydrogens is 415 g/mol. The molecule has 0 radical (unpaired) electrons. The molecule has 0 saturated heterocycles. The highest BCUT2D eigenvalue weighted by atomic mass is 31.2. The number of rotatable bonds is 3. The quantitative estimate of drug-likeness (QED) is 0.323. The topological polar surface area (TPSA) is 51.2 Å². The van der Waals surface area contributed by atoms with E-state index in [1.54, 1.807) is 18.2 Å². The van der Waals surface area contributed by atoms with Gasteiger partial charge in [-0.15, -0.1) is 0 Å². The maximum Gasteiger partial charge on any atom is 0.274 e. The lowest BCUT2D eigenvalue weighted by Crippen LogP contribution is -2.40. The van der Waals surface area contributed by atoms with Crippen molar-refractivity contribution < 1.29 is 0 Å². The van der Waals surface area contributed by atoms with E-state index in [9.17, 15) is 14.4 Å². The molecule has 0 aliphatic heterocycles. The van der Waals surface area contributed by atoms with Crippen molar-refractivity contribution in [3.05, 3.63) is 151 Å². The summed E-state index contributed by atoms with van der Waals surface area (Å²) in [5.74, 6) is 0. The molecule has 32 heavy (non-hydrogen) atoms. The third kappa shape index (κ3) is 2.94. The standard InChI is InChI=1S/C28H19O3P/c29-25-23-18-10-11-19-24(23)28(27(31)26(25)30)32(20-12-4-1-5-13-20,21-14-6-2-7-15-21)22-16-8-3-9-17-22/h1-19H. The van der Waals surface area contributed by atoms with E-state index in [2.05, 4.69) is 0 Å². The minimum absolute atomic E-state index is 0.291. The van der Waals surface area contributed by atoms with Crippen molar-refractivity contribution in [2.45, 2.75) is 0 Å². The van der Waals surface area contributed by atoms with Crippen LogP contribution in [-0.2, 0) is 0 Å². The first-order valence-corrected chi connectivity index (χ1v) is 12.1. The highest BCUT2D eigenvalue weighted by Gasteiger charge is 2.29. The average molecular weight is 434 g/mol. The minimum Gasteiger partial charge on any atom is -0.285 e. The van der Waals surface area contributed by atoms with Gasteiger partial charge in [0.1, 0.15) is 0 Å². The molecule has 0 bridgehead atoms. The first-order chi connectivity index (χ1) is 15.7. The summed E-state index contributed by atoms with van der Waals surface area (Å²) in [6, 6.07) is 36.5. The summed E-state index contributed by atoms with van der Waals surface area (Å²) in [4.78, 5) is 39.8. The van der Waals surface area contributed by atoms with Crippen LogP contribution in [-0.4, -0.2) is 0 Å². The molecule has 0 aliphatic rings. The van der Waals surface area contributed by atoms with Gasteiger partial charge in [0.2, 0.25) is 10.9 Å². The molecule has 4 heteroatoms. The van der Waals surface area contributed by atoms with E-state index in [-0.39, 0.29) is 0 Å². The lowest BCUT2D eigenvalue weighted by Gasteiger charge is -2.29. The van der Waals surface area contributed by atoms with E-state index >= 15 is 0 Å². The van der Waals surface area contributed by atoms with E-state index in [1.807, 2.05) is 97.1 Å². The Morgan fingerprint density at radius 3 is 1.19 bits per heavy atom. The summed E-state index contributed by atoms with van der Waals surface area (Å²) < 4.78 is 0. The molecule has 0 aromatic heterocycles. The van der Waals surface area contributed by atoms with Gasteiger partial charge in [0.05, 0.1) is 0 Å². The molecule has 0 N–H and O–H groups in total. The Bertz CT molecular complexity index is 1560. The Kier molecular flexibility index (Phi) is 5.05. The molecule has 0 spiro atoms. The number of hydrogen-bond donors (Lipinski definition) is 0. The SMILES string of the molecule is O=c1c(=O)c(=P(c2ccccc2)(c2ccccc2)c2ccccc2)c2ccccc2c1=O. The zero-order valence-electron chi connectivity index (χ0n) is 17.1. The van der Waals surface area contributed by atoms with Crippen molar-refractivity contribution in [1.82, 2.24) is 0 Å². The van der Waals surface area contributed by atoms with Crippen LogP contribution in [0.15, 0.2) is 130 Å². The molecule has 0 saturated carbocycles. The van der Waals surface area contributed by atoms with Gasteiger partial charge in [-0.3, -0.25) is 14.4 Å². The fourth-order valence-electron chi connectivity index (χ4n) is 4.47. The predicted octanol–water partition coefficient (Wildman–Crippen LogP) is 3.32. The van der Waals surface area contributed by atoms with Crippen molar-refractivity contribution in [3.63, 3.8) is 0 Å². The molecule has 5 aromatic carbocycles. The maximum atomic E-state index is 13.7. The molecule has 5 aromatic rings. The first-order valence-electron chi connectivity index (χ1n) is 10.3. The van der Waals surface area contributed by atoms with Crippen molar-refractivity contribution in [2.75, 3.05) is 0 Å². The van der Waals surface area contributed by atoms with Gasteiger partial charge in [-0.05, 0) is 28.2 Å². The molecule has 5 rings (SSSR count). The monoisotopic (exact) mass is 434 g/mol. The highest BCUT2D eigenvalue weighted by molar-refractivity contribution is 7.89. The Labute approximate surface area is 184 Å². The van der Waals surface area contributed by atoms with Gasteiger partial charge in [-0.25, -0.2) is 0 Å². The van der Waals surface area contributed by atoms with Gasteiger partial charge in [0.25, 0.3) is 5.43 Å². The van der Waals surface area contributed by atoms with Crippen LogP contribution in [0.1, 0.15) is 0 Å². The molecule has 0 amide bonds. The highest BCUT2D eigenvalue weighted by Crippen LogP contribution is 2.47. The van der Waals surface area contributed by atoms with Gasteiger partial charge in [-0.2, -0.15) is 0 Å². The third-order valence-corrected chi connectivity index (χ3v) is 10.2.